The van der Waals surface area contributed by atoms with Crippen LogP contribution in [0.3, 0.4) is 0 Å². The number of aryl methyl sites for hydroxylation is 1. The van der Waals surface area contributed by atoms with Crippen molar-refractivity contribution >= 4 is 17.6 Å². The zero-order chi connectivity index (χ0) is 13.1. The highest BCUT2D eigenvalue weighted by atomic mass is 32.1. The van der Waals surface area contributed by atoms with Gasteiger partial charge in [-0.2, -0.15) is 0 Å². The van der Waals surface area contributed by atoms with Crippen LogP contribution >= 0.6 is 11.3 Å². The van der Waals surface area contributed by atoms with Gasteiger partial charge in [0.1, 0.15) is 6.29 Å². The molecule has 0 saturated carbocycles. The van der Waals surface area contributed by atoms with Crippen LogP contribution in [0.15, 0.2) is 35.9 Å². The Hall–Kier alpha value is -1.26. The van der Waals surface area contributed by atoms with Crippen LogP contribution in [-0.2, 0) is 4.79 Å². The van der Waals surface area contributed by atoms with Crippen molar-refractivity contribution in [2.24, 2.45) is 0 Å². The van der Waals surface area contributed by atoms with Crippen LogP contribution in [0, 0.1) is 6.92 Å². The van der Waals surface area contributed by atoms with E-state index in [4.69, 9.17) is 0 Å². The van der Waals surface area contributed by atoms with Crippen LogP contribution in [0.2, 0.25) is 0 Å². The summed E-state index contributed by atoms with van der Waals surface area (Å²) in [6.07, 6.45) is 9.59. The van der Waals surface area contributed by atoms with Gasteiger partial charge in [-0.15, -0.1) is 11.3 Å². The summed E-state index contributed by atoms with van der Waals surface area (Å²) in [6.45, 7) is 5.60. The highest BCUT2D eigenvalue weighted by molar-refractivity contribution is 7.09. The van der Waals surface area contributed by atoms with Crippen LogP contribution in [-0.4, -0.2) is 22.0 Å². The molecule has 3 nitrogen and oxygen atoms in total. The molecule has 1 N–H and O–H groups in total. The third-order valence-corrected chi connectivity index (χ3v) is 2.46. The molecule has 1 rings (SSSR count). The third kappa shape index (κ3) is 9.66. The van der Waals surface area contributed by atoms with Crippen molar-refractivity contribution in [3.05, 3.63) is 40.9 Å². The molecule has 1 aromatic heterocycles. The van der Waals surface area contributed by atoms with Crippen LogP contribution in [0.1, 0.15) is 25.3 Å². The summed E-state index contributed by atoms with van der Waals surface area (Å²) >= 11 is 1.67. The number of aldehydes is 1. The summed E-state index contributed by atoms with van der Waals surface area (Å²) in [5, 5.41) is 12.5. The Balaban J connectivity index is 0.000000354. The van der Waals surface area contributed by atoms with Gasteiger partial charge in [0, 0.05) is 11.6 Å². The molecule has 0 amide bonds. The van der Waals surface area contributed by atoms with E-state index in [0.29, 0.717) is 6.29 Å². The molecule has 0 aliphatic heterocycles. The van der Waals surface area contributed by atoms with Crippen LogP contribution in [0.4, 0.5) is 0 Å². The number of carbonyl (C=O) groups is 1. The third-order valence-electron chi connectivity index (χ3n) is 1.76. The number of thiazole rings is 1. The highest BCUT2D eigenvalue weighted by Crippen LogP contribution is 2.06. The molecule has 17 heavy (non-hydrogen) atoms. The normalized spacial score (nSPS) is 14.4. The van der Waals surface area contributed by atoms with Crippen molar-refractivity contribution in [1.29, 1.82) is 0 Å². The van der Waals surface area contributed by atoms with E-state index in [1.165, 1.54) is 12.2 Å². The van der Waals surface area contributed by atoms with Gasteiger partial charge in [-0.25, -0.2) is 0 Å². The Morgan fingerprint density at radius 1 is 1.53 bits per heavy atom. The Kier molecular flexibility index (Phi) is 8.19. The van der Waals surface area contributed by atoms with Gasteiger partial charge >= 0.3 is 0 Å². The fourth-order valence-electron chi connectivity index (χ4n) is 0.941. The van der Waals surface area contributed by atoms with Gasteiger partial charge in [-0.3, -0.25) is 9.78 Å². The monoisotopic (exact) mass is 253 g/mol. The summed E-state index contributed by atoms with van der Waals surface area (Å²) in [7, 11) is 0. The topological polar surface area (TPSA) is 50.2 Å². The highest BCUT2D eigenvalue weighted by Gasteiger charge is 2.09. The molecule has 0 bridgehead atoms. The zero-order valence-electron chi connectivity index (χ0n) is 10.5. The standard InChI is InChI=1S/C9H14O2.C4H5NS/c1-3-4-6-9(2,11)7-5-8-10;1-4-5-2-3-6-4/h4-8,11H,3H2,1-2H3;2-3H,1H3/b6-4-,7-5-;. The van der Waals surface area contributed by atoms with Gasteiger partial charge in [-0.1, -0.05) is 19.1 Å². The predicted octanol–water partition coefficient (Wildman–Crippen LogP) is 2.91. The second-order valence-electron chi connectivity index (χ2n) is 3.58. The van der Waals surface area contributed by atoms with Crippen LogP contribution in [0.5, 0.6) is 0 Å². The van der Waals surface area contributed by atoms with Gasteiger partial charge in [0.05, 0.1) is 10.6 Å². The first-order chi connectivity index (χ1) is 8.02. The Morgan fingerprint density at radius 3 is 2.59 bits per heavy atom. The van der Waals surface area contributed by atoms with E-state index in [2.05, 4.69) is 4.98 Å². The largest absolute Gasteiger partial charge is 0.382 e. The molecule has 1 aromatic rings. The molecule has 0 radical (unpaired) electrons. The molecule has 0 aromatic carbocycles. The first-order valence-electron chi connectivity index (χ1n) is 5.41. The first kappa shape index (κ1) is 15.7. The average Bonchev–Trinajstić information content (AvgIpc) is 2.76. The maximum atomic E-state index is 9.90. The molecular weight excluding hydrogens is 234 g/mol. The minimum Gasteiger partial charge on any atom is -0.382 e. The molecule has 1 heterocycles. The summed E-state index contributed by atoms with van der Waals surface area (Å²) in [5.41, 5.74) is -0.989. The number of rotatable bonds is 4. The quantitative estimate of drug-likeness (QED) is 0.510. The van der Waals surface area contributed by atoms with Gasteiger partial charge in [0.15, 0.2) is 0 Å². The number of allylic oxidation sites excluding steroid dienone is 2. The van der Waals surface area contributed by atoms with Crippen molar-refractivity contribution in [2.75, 3.05) is 0 Å². The van der Waals surface area contributed by atoms with Crippen molar-refractivity contribution in [3.8, 4) is 0 Å². The molecule has 0 saturated heterocycles. The van der Waals surface area contributed by atoms with E-state index < -0.39 is 5.60 Å². The zero-order valence-corrected chi connectivity index (χ0v) is 11.3. The predicted molar refractivity (Wildman–Crippen MR) is 72.1 cm³/mol. The molecule has 0 aliphatic rings. The lowest BCUT2D eigenvalue weighted by Gasteiger charge is -2.11. The number of aromatic nitrogens is 1. The Morgan fingerprint density at radius 2 is 2.24 bits per heavy atom. The maximum Gasteiger partial charge on any atom is 0.142 e. The fraction of sp³-hybridized carbons (Fsp3) is 0.385. The summed E-state index contributed by atoms with van der Waals surface area (Å²) in [6, 6.07) is 0. The van der Waals surface area contributed by atoms with Crippen LogP contribution < -0.4 is 0 Å². The minimum absolute atomic E-state index is 0.647. The molecular formula is C13H19NO2S. The smallest absolute Gasteiger partial charge is 0.142 e. The van der Waals surface area contributed by atoms with E-state index >= 15 is 0 Å². The Labute approximate surface area is 107 Å². The van der Waals surface area contributed by atoms with E-state index in [1.54, 1.807) is 30.5 Å². The van der Waals surface area contributed by atoms with E-state index in [-0.39, 0.29) is 0 Å². The molecule has 1 unspecified atom stereocenters. The number of aliphatic hydroxyl groups is 1. The van der Waals surface area contributed by atoms with Gasteiger partial charge in [0.2, 0.25) is 0 Å². The average molecular weight is 253 g/mol. The lowest BCUT2D eigenvalue weighted by Crippen LogP contribution is -2.16. The minimum atomic E-state index is -0.989. The summed E-state index contributed by atoms with van der Waals surface area (Å²) < 4.78 is 0. The molecule has 1 atom stereocenters. The SMILES string of the molecule is CC/C=C\C(C)(O)/C=C\C=O.Cc1nccs1. The van der Waals surface area contributed by atoms with Crippen molar-refractivity contribution in [3.63, 3.8) is 0 Å². The maximum absolute atomic E-state index is 9.90. The summed E-state index contributed by atoms with van der Waals surface area (Å²) in [4.78, 5) is 13.8. The second kappa shape index (κ2) is 8.84. The molecule has 94 valence electrons. The molecule has 4 heteroatoms. The molecule has 0 fully saturated rings. The lowest BCUT2D eigenvalue weighted by molar-refractivity contribution is -0.104. The number of nitrogens with zero attached hydrogens (tertiary/aromatic N) is 1. The lowest BCUT2D eigenvalue weighted by atomic mass is 10.1. The van der Waals surface area contributed by atoms with Crippen molar-refractivity contribution < 1.29 is 9.90 Å². The number of hydrogen-bond acceptors (Lipinski definition) is 4. The van der Waals surface area contributed by atoms with Crippen molar-refractivity contribution in [1.82, 2.24) is 4.98 Å². The second-order valence-corrected chi connectivity index (χ2v) is 4.68. The molecule has 0 aliphatic carbocycles. The van der Waals surface area contributed by atoms with Gasteiger partial charge < -0.3 is 5.11 Å². The van der Waals surface area contributed by atoms with Crippen molar-refractivity contribution in [2.45, 2.75) is 32.8 Å². The van der Waals surface area contributed by atoms with E-state index in [0.717, 1.165) is 11.4 Å². The number of carbonyl (C=O) groups excluding carboxylic acids is 1. The van der Waals surface area contributed by atoms with Gasteiger partial charge in [-0.05, 0) is 32.4 Å². The Bertz CT molecular complexity index is 354. The van der Waals surface area contributed by atoms with Gasteiger partial charge in [0.25, 0.3) is 0 Å². The first-order valence-corrected chi connectivity index (χ1v) is 6.29. The fourth-order valence-corrected chi connectivity index (χ4v) is 1.38. The number of hydrogen-bond donors (Lipinski definition) is 1. The summed E-state index contributed by atoms with van der Waals surface area (Å²) in [5.74, 6) is 0. The van der Waals surface area contributed by atoms with Crippen LogP contribution in [0.25, 0.3) is 0 Å². The molecule has 0 spiro atoms. The van der Waals surface area contributed by atoms with E-state index in [9.17, 15) is 9.90 Å². The van der Waals surface area contributed by atoms with E-state index in [1.807, 2.05) is 25.3 Å².